The number of carbonyl (C=O) groups is 1. The third-order valence-electron chi connectivity index (χ3n) is 3.03. The molecule has 0 amide bonds. The zero-order chi connectivity index (χ0) is 14.9. The van der Waals surface area contributed by atoms with Crippen molar-refractivity contribution in [2.24, 2.45) is 0 Å². The Morgan fingerprint density at radius 1 is 0.857 bits per heavy atom. The molecule has 1 N–H and O–H groups in total. The molecule has 0 aromatic rings. The van der Waals surface area contributed by atoms with Crippen molar-refractivity contribution < 1.29 is 30.2 Å². The van der Waals surface area contributed by atoms with Crippen molar-refractivity contribution in [1.82, 2.24) is 0 Å². The first-order valence-corrected chi connectivity index (χ1v) is 7.94. The molecule has 21 heavy (non-hydrogen) atoms. The fourth-order valence-electron chi connectivity index (χ4n) is 1.83. The second-order valence-corrected chi connectivity index (χ2v) is 5.02. The average molecular weight is 286 g/mol. The smallest absolute Gasteiger partial charge is 1.00 e. The molecule has 0 saturated heterocycles. The first-order chi connectivity index (χ1) is 9.77. The van der Waals surface area contributed by atoms with E-state index in [4.69, 9.17) is 5.11 Å². The molecular formula is C18H31LiO2. The summed E-state index contributed by atoms with van der Waals surface area (Å²) in [7, 11) is 0. The molecule has 0 aliphatic rings. The maximum Gasteiger partial charge on any atom is 1.00 e. The molecule has 0 spiro atoms. The maximum atomic E-state index is 10.3. The fraction of sp³-hybridized carbons (Fsp3) is 0.611. The van der Waals surface area contributed by atoms with Gasteiger partial charge in [-0.25, -0.2) is 0 Å². The molecule has 0 fully saturated rings. The van der Waals surface area contributed by atoms with E-state index in [9.17, 15) is 4.79 Å². The molecule has 0 aromatic carbocycles. The molecule has 2 nitrogen and oxygen atoms in total. The van der Waals surface area contributed by atoms with Gasteiger partial charge < -0.3 is 6.53 Å². The summed E-state index contributed by atoms with van der Waals surface area (Å²) in [5, 5.41) is 8.48. The van der Waals surface area contributed by atoms with Crippen LogP contribution in [-0.4, -0.2) is 11.1 Å². The Bertz CT molecular complexity index is 312. The summed E-state index contributed by atoms with van der Waals surface area (Å²) >= 11 is 0. The summed E-state index contributed by atoms with van der Waals surface area (Å²) in [6, 6.07) is 0. The zero-order valence-corrected chi connectivity index (χ0v) is 13.9. The van der Waals surface area contributed by atoms with Crippen LogP contribution in [0.25, 0.3) is 0 Å². The standard InChI is InChI=1S/C18H30O2.Li.H/c1-2-3-4-5-6-7-8-9-10-11-12-13-14-15-16-17-18(19)20;;/h6-7,9-10,12-13H,2-5,8,11,14-17H2,1H3,(H,19,20);;/q;+1;-1/b7-6-,10-9-,13-12-;;. The summed E-state index contributed by atoms with van der Waals surface area (Å²) in [5.41, 5.74) is 0. The SMILES string of the molecule is CCCCC/C=C\C/C=C\C/C=C\CCCCC(=O)O.[H-].[Li+]. The minimum atomic E-state index is -0.695. The van der Waals surface area contributed by atoms with Crippen LogP contribution < -0.4 is 18.9 Å². The van der Waals surface area contributed by atoms with Gasteiger partial charge in [-0.15, -0.1) is 0 Å². The third kappa shape index (κ3) is 21.7. The van der Waals surface area contributed by atoms with E-state index in [0.717, 1.165) is 32.1 Å². The van der Waals surface area contributed by atoms with E-state index >= 15 is 0 Å². The molecule has 3 heteroatoms. The number of allylic oxidation sites excluding steroid dienone is 6. The molecular weight excluding hydrogens is 255 g/mol. The van der Waals surface area contributed by atoms with Gasteiger partial charge in [0.1, 0.15) is 0 Å². The maximum absolute atomic E-state index is 10.3. The van der Waals surface area contributed by atoms with E-state index < -0.39 is 5.97 Å². The van der Waals surface area contributed by atoms with Crippen LogP contribution in [0, 0.1) is 0 Å². The van der Waals surface area contributed by atoms with Gasteiger partial charge >= 0.3 is 24.8 Å². The molecule has 0 atom stereocenters. The Labute approximate surface area is 144 Å². The fourth-order valence-corrected chi connectivity index (χ4v) is 1.83. The van der Waals surface area contributed by atoms with Crippen molar-refractivity contribution in [2.45, 2.75) is 71.1 Å². The van der Waals surface area contributed by atoms with Crippen LogP contribution in [0.3, 0.4) is 0 Å². The summed E-state index contributed by atoms with van der Waals surface area (Å²) < 4.78 is 0. The molecule has 0 heterocycles. The van der Waals surface area contributed by atoms with Crippen LogP contribution in [0.5, 0.6) is 0 Å². The van der Waals surface area contributed by atoms with Crippen molar-refractivity contribution in [1.29, 1.82) is 0 Å². The molecule has 0 bridgehead atoms. The summed E-state index contributed by atoms with van der Waals surface area (Å²) in [6.45, 7) is 2.23. The molecule has 0 radical (unpaired) electrons. The third-order valence-corrected chi connectivity index (χ3v) is 3.03. The summed E-state index contributed by atoms with van der Waals surface area (Å²) in [4.78, 5) is 10.3. The van der Waals surface area contributed by atoms with E-state index in [1.165, 1.54) is 25.7 Å². The number of carboxylic acid groups (broad SMARTS) is 1. The Kier molecular flexibility index (Phi) is 20.7. The van der Waals surface area contributed by atoms with Gasteiger partial charge in [-0.3, -0.25) is 4.79 Å². The first kappa shape index (κ1) is 22.6. The first-order valence-electron chi connectivity index (χ1n) is 7.94. The van der Waals surface area contributed by atoms with Gasteiger partial charge in [0.2, 0.25) is 0 Å². The number of carboxylic acids is 1. The topological polar surface area (TPSA) is 37.3 Å². The van der Waals surface area contributed by atoms with Crippen molar-refractivity contribution in [3.63, 3.8) is 0 Å². The van der Waals surface area contributed by atoms with E-state index in [-0.39, 0.29) is 20.3 Å². The van der Waals surface area contributed by atoms with E-state index in [1.807, 2.05) is 0 Å². The van der Waals surface area contributed by atoms with Gasteiger partial charge in [0.15, 0.2) is 0 Å². The minimum Gasteiger partial charge on any atom is -1.00 e. The second-order valence-electron chi connectivity index (χ2n) is 5.02. The number of hydrogen-bond donors (Lipinski definition) is 1. The minimum absolute atomic E-state index is 0. The normalized spacial score (nSPS) is 11.5. The van der Waals surface area contributed by atoms with E-state index in [0.29, 0.717) is 6.42 Å². The Balaban J connectivity index is -0.00000180. The van der Waals surface area contributed by atoms with Crippen molar-refractivity contribution >= 4 is 5.97 Å². The van der Waals surface area contributed by atoms with Crippen LogP contribution in [0.2, 0.25) is 0 Å². The van der Waals surface area contributed by atoms with Gasteiger partial charge in [-0.2, -0.15) is 0 Å². The predicted octanol–water partition coefficient (Wildman–Crippen LogP) is 2.78. The summed E-state index contributed by atoms with van der Waals surface area (Å²) in [6.07, 6.45) is 23.3. The van der Waals surface area contributed by atoms with Crippen molar-refractivity contribution in [2.75, 3.05) is 0 Å². The van der Waals surface area contributed by atoms with Crippen LogP contribution in [0.1, 0.15) is 72.6 Å². The van der Waals surface area contributed by atoms with Gasteiger partial charge in [0.05, 0.1) is 0 Å². The van der Waals surface area contributed by atoms with Gasteiger partial charge in [0.25, 0.3) is 0 Å². The largest absolute Gasteiger partial charge is 1.00 e. The van der Waals surface area contributed by atoms with Gasteiger partial charge in [-0.1, -0.05) is 56.2 Å². The average Bonchev–Trinajstić information content (AvgIpc) is 2.43. The zero-order valence-electron chi connectivity index (χ0n) is 14.9. The van der Waals surface area contributed by atoms with Gasteiger partial charge in [0, 0.05) is 6.42 Å². The van der Waals surface area contributed by atoms with Crippen molar-refractivity contribution in [3.8, 4) is 0 Å². The molecule has 0 rings (SSSR count). The number of unbranched alkanes of at least 4 members (excludes halogenated alkanes) is 5. The number of hydrogen-bond acceptors (Lipinski definition) is 1. The Morgan fingerprint density at radius 3 is 1.81 bits per heavy atom. The molecule has 0 saturated carbocycles. The monoisotopic (exact) mass is 286 g/mol. The molecule has 0 aliphatic heterocycles. The van der Waals surface area contributed by atoms with E-state index in [2.05, 4.69) is 43.4 Å². The van der Waals surface area contributed by atoms with Crippen LogP contribution in [0.4, 0.5) is 0 Å². The molecule has 116 valence electrons. The molecule has 0 aliphatic carbocycles. The Hall–Kier alpha value is -0.713. The van der Waals surface area contributed by atoms with Crippen molar-refractivity contribution in [3.05, 3.63) is 36.5 Å². The molecule has 0 aromatic heterocycles. The quantitative estimate of drug-likeness (QED) is 0.321. The van der Waals surface area contributed by atoms with Crippen LogP contribution in [-0.2, 0) is 4.79 Å². The van der Waals surface area contributed by atoms with Gasteiger partial charge in [-0.05, 0) is 44.9 Å². The molecule has 0 unspecified atom stereocenters. The summed E-state index contributed by atoms with van der Waals surface area (Å²) in [5.74, 6) is -0.695. The predicted molar refractivity (Wildman–Crippen MR) is 88.0 cm³/mol. The number of aliphatic carboxylic acids is 1. The second kappa shape index (κ2) is 19.3. The Morgan fingerprint density at radius 2 is 1.33 bits per heavy atom. The number of rotatable bonds is 13. The van der Waals surface area contributed by atoms with Crippen LogP contribution >= 0.6 is 0 Å². The van der Waals surface area contributed by atoms with Crippen LogP contribution in [0.15, 0.2) is 36.5 Å². The van der Waals surface area contributed by atoms with E-state index in [1.54, 1.807) is 0 Å².